The minimum absolute atomic E-state index is 0.408. The number of fused-ring (bicyclic) bond motifs is 1. The number of nitrogens with zero attached hydrogens (tertiary/aromatic N) is 1. The zero-order valence-electron chi connectivity index (χ0n) is 13.3. The highest BCUT2D eigenvalue weighted by Crippen LogP contribution is 2.30. The number of aliphatic hydroxyl groups excluding tert-OH is 1. The SMILES string of the molecule is Cc1[nH]c2c(C)cccc2c1[C@@H](O)CN1CCC(C)CC1. The van der Waals surface area contributed by atoms with Crippen LogP contribution in [0.15, 0.2) is 18.2 Å². The number of aryl methyl sites for hydroxylation is 2. The molecule has 1 aromatic carbocycles. The number of H-pyrrole nitrogens is 1. The van der Waals surface area contributed by atoms with E-state index in [0.29, 0.717) is 0 Å². The molecule has 3 heteroatoms. The number of likely N-dealkylation sites (tertiary alicyclic amines) is 1. The van der Waals surface area contributed by atoms with Crippen LogP contribution in [0.1, 0.15) is 42.7 Å². The Morgan fingerprint density at radius 2 is 2.00 bits per heavy atom. The van der Waals surface area contributed by atoms with Gasteiger partial charge in [-0.3, -0.25) is 0 Å². The van der Waals surface area contributed by atoms with Crippen molar-refractivity contribution in [3.8, 4) is 0 Å². The van der Waals surface area contributed by atoms with Gasteiger partial charge in [0.2, 0.25) is 0 Å². The summed E-state index contributed by atoms with van der Waals surface area (Å²) in [5.74, 6) is 0.830. The first kappa shape index (κ1) is 14.6. The summed E-state index contributed by atoms with van der Waals surface area (Å²) < 4.78 is 0. The summed E-state index contributed by atoms with van der Waals surface area (Å²) in [6.07, 6.45) is 2.09. The molecule has 0 amide bonds. The third-order valence-electron chi connectivity index (χ3n) is 4.92. The van der Waals surface area contributed by atoms with E-state index in [0.717, 1.165) is 42.3 Å². The van der Waals surface area contributed by atoms with Crippen LogP contribution in [0.5, 0.6) is 0 Å². The van der Waals surface area contributed by atoms with Crippen molar-refractivity contribution in [1.82, 2.24) is 9.88 Å². The number of hydrogen-bond donors (Lipinski definition) is 2. The van der Waals surface area contributed by atoms with Crippen LogP contribution in [0.4, 0.5) is 0 Å². The highest BCUT2D eigenvalue weighted by Gasteiger charge is 2.22. The van der Waals surface area contributed by atoms with Gasteiger partial charge in [0.15, 0.2) is 0 Å². The number of β-amino-alcohol motifs (C(OH)–C–C–N with tert-alkyl or cyclic N) is 1. The summed E-state index contributed by atoms with van der Waals surface area (Å²) in [7, 11) is 0. The molecule has 1 saturated heterocycles. The molecule has 0 bridgehead atoms. The van der Waals surface area contributed by atoms with E-state index in [1.54, 1.807) is 0 Å². The number of nitrogens with one attached hydrogen (secondary N) is 1. The van der Waals surface area contributed by atoms with E-state index in [1.165, 1.54) is 23.8 Å². The van der Waals surface area contributed by atoms with Crippen LogP contribution < -0.4 is 0 Å². The molecule has 114 valence electrons. The minimum atomic E-state index is -0.408. The molecule has 0 radical (unpaired) electrons. The van der Waals surface area contributed by atoms with Crippen molar-refractivity contribution in [3.63, 3.8) is 0 Å². The van der Waals surface area contributed by atoms with Gasteiger partial charge >= 0.3 is 0 Å². The molecule has 0 unspecified atom stereocenters. The second kappa shape index (κ2) is 5.82. The Hall–Kier alpha value is -1.32. The molecule has 0 saturated carbocycles. The van der Waals surface area contributed by atoms with Crippen LogP contribution in [0.25, 0.3) is 10.9 Å². The molecule has 0 spiro atoms. The van der Waals surface area contributed by atoms with Gasteiger partial charge in [-0.1, -0.05) is 25.1 Å². The zero-order chi connectivity index (χ0) is 15.0. The van der Waals surface area contributed by atoms with Crippen LogP contribution in [-0.2, 0) is 0 Å². The highest BCUT2D eigenvalue weighted by atomic mass is 16.3. The van der Waals surface area contributed by atoms with Crippen molar-refractivity contribution in [1.29, 1.82) is 0 Å². The smallest absolute Gasteiger partial charge is 0.0940 e. The summed E-state index contributed by atoms with van der Waals surface area (Å²) in [6, 6.07) is 6.30. The van der Waals surface area contributed by atoms with Gasteiger partial charge in [-0.05, 0) is 51.3 Å². The van der Waals surface area contributed by atoms with Gasteiger partial charge in [0.05, 0.1) is 6.10 Å². The van der Waals surface area contributed by atoms with Crippen LogP contribution in [0.2, 0.25) is 0 Å². The third kappa shape index (κ3) is 2.85. The van der Waals surface area contributed by atoms with Gasteiger partial charge in [-0.2, -0.15) is 0 Å². The lowest BCUT2D eigenvalue weighted by molar-refractivity contribution is 0.0921. The Kier molecular flexibility index (Phi) is 4.05. The molecule has 1 aliphatic heterocycles. The van der Waals surface area contributed by atoms with Crippen LogP contribution in [-0.4, -0.2) is 34.6 Å². The average Bonchev–Trinajstić information content (AvgIpc) is 2.79. The molecule has 3 nitrogen and oxygen atoms in total. The van der Waals surface area contributed by atoms with Crippen molar-refractivity contribution < 1.29 is 5.11 Å². The first-order chi connectivity index (χ1) is 10.1. The Morgan fingerprint density at radius 1 is 1.29 bits per heavy atom. The maximum absolute atomic E-state index is 10.7. The maximum atomic E-state index is 10.7. The molecule has 2 N–H and O–H groups in total. The third-order valence-corrected chi connectivity index (χ3v) is 4.92. The van der Waals surface area contributed by atoms with Crippen molar-refractivity contribution >= 4 is 10.9 Å². The first-order valence-corrected chi connectivity index (χ1v) is 8.04. The lowest BCUT2D eigenvalue weighted by atomic mass is 9.98. The van der Waals surface area contributed by atoms with E-state index >= 15 is 0 Å². The van der Waals surface area contributed by atoms with Gasteiger partial charge < -0.3 is 15.0 Å². The van der Waals surface area contributed by atoms with Crippen molar-refractivity contribution in [2.75, 3.05) is 19.6 Å². The van der Waals surface area contributed by atoms with Gasteiger partial charge in [-0.15, -0.1) is 0 Å². The summed E-state index contributed by atoms with van der Waals surface area (Å²) >= 11 is 0. The first-order valence-electron chi connectivity index (χ1n) is 8.04. The van der Waals surface area contributed by atoms with Crippen molar-refractivity contribution in [3.05, 3.63) is 35.0 Å². The van der Waals surface area contributed by atoms with E-state index in [2.05, 4.69) is 48.9 Å². The fourth-order valence-electron chi connectivity index (χ4n) is 3.52. The predicted molar refractivity (Wildman–Crippen MR) is 87.6 cm³/mol. The largest absolute Gasteiger partial charge is 0.387 e. The quantitative estimate of drug-likeness (QED) is 0.905. The van der Waals surface area contributed by atoms with E-state index in [1.807, 2.05) is 0 Å². The predicted octanol–water partition coefficient (Wildman–Crippen LogP) is 3.55. The fraction of sp³-hybridized carbons (Fsp3) is 0.556. The monoisotopic (exact) mass is 286 g/mol. The highest BCUT2D eigenvalue weighted by molar-refractivity contribution is 5.87. The van der Waals surface area contributed by atoms with E-state index in [-0.39, 0.29) is 0 Å². The molecule has 1 aromatic heterocycles. The molecular weight excluding hydrogens is 260 g/mol. The van der Waals surface area contributed by atoms with Gasteiger partial charge in [0, 0.05) is 28.7 Å². The lowest BCUT2D eigenvalue weighted by Gasteiger charge is -2.31. The number of aliphatic hydroxyl groups is 1. The van der Waals surface area contributed by atoms with E-state index in [4.69, 9.17) is 0 Å². The van der Waals surface area contributed by atoms with Crippen molar-refractivity contribution in [2.45, 2.75) is 39.7 Å². The Morgan fingerprint density at radius 3 is 2.71 bits per heavy atom. The Labute approximate surface area is 127 Å². The number of piperidine rings is 1. The number of aromatic nitrogens is 1. The molecular formula is C18H26N2O. The second-order valence-corrected chi connectivity index (χ2v) is 6.66. The molecule has 0 aliphatic carbocycles. The number of hydrogen-bond acceptors (Lipinski definition) is 2. The van der Waals surface area contributed by atoms with Gasteiger partial charge in [-0.25, -0.2) is 0 Å². The number of aromatic amines is 1. The molecule has 1 aliphatic rings. The normalized spacial score (nSPS) is 19.2. The molecule has 2 aromatic rings. The van der Waals surface area contributed by atoms with E-state index in [9.17, 15) is 5.11 Å². The van der Waals surface area contributed by atoms with E-state index < -0.39 is 6.10 Å². The van der Waals surface area contributed by atoms with Crippen LogP contribution in [0, 0.1) is 19.8 Å². The number of para-hydroxylation sites is 1. The number of rotatable bonds is 3. The fourth-order valence-corrected chi connectivity index (χ4v) is 3.52. The lowest BCUT2D eigenvalue weighted by Crippen LogP contribution is -2.36. The zero-order valence-corrected chi connectivity index (χ0v) is 13.3. The summed E-state index contributed by atoms with van der Waals surface area (Å²) in [5, 5.41) is 11.9. The molecule has 21 heavy (non-hydrogen) atoms. The summed E-state index contributed by atoms with van der Waals surface area (Å²) in [5.41, 5.74) is 4.57. The Bertz CT molecular complexity index is 623. The summed E-state index contributed by atoms with van der Waals surface area (Å²) in [4.78, 5) is 5.84. The standard InChI is InChI=1S/C18H26N2O/c1-12-7-9-20(10-8-12)11-16(21)17-14(3)19-18-13(2)5-4-6-15(17)18/h4-6,12,16,19,21H,7-11H2,1-3H3/t16-/m0/s1. The average molecular weight is 286 g/mol. The van der Waals surface area contributed by atoms with Crippen LogP contribution >= 0.6 is 0 Å². The van der Waals surface area contributed by atoms with Crippen LogP contribution in [0.3, 0.4) is 0 Å². The molecule has 1 atom stereocenters. The van der Waals surface area contributed by atoms with Gasteiger partial charge in [0.25, 0.3) is 0 Å². The molecule has 3 rings (SSSR count). The van der Waals surface area contributed by atoms with Gasteiger partial charge in [0.1, 0.15) is 0 Å². The molecule has 1 fully saturated rings. The molecule has 2 heterocycles. The second-order valence-electron chi connectivity index (χ2n) is 6.66. The maximum Gasteiger partial charge on any atom is 0.0940 e. The summed E-state index contributed by atoms with van der Waals surface area (Å²) in [6.45, 7) is 9.46. The number of benzene rings is 1. The minimum Gasteiger partial charge on any atom is -0.387 e. The Balaban J connectivity index is 1.83. The topological polar surface area (TPSA) is 39.3 Å². The van der Waals surface area contributed by atoms with Crippen molar-refractivity contribution in [2.24, 2.45) is 5.92 Å².